The highest BCUT2D eigenvalue weighted by Crippen LogP contribution is 2.65. The predicted molar refractivity (Wildman–Crippen MR) is 91.2 cm³/mol. The van der Waals surface area contributed by atoms with Crippen molar-refractivity contribution in [2.24, 2.45) is 5.41 Å². The van der Waals surface area contributed by atoms with Gasteiger partial charge in [0.1, 0.15) is 16.9 Å². The summed E-state index contributed by atoms with van der Waals surface area (Å²) >= 11 is 5.83. The highest BCUT2D eigenvalue weighted by atomic mass is 35.5. The Labute approximate surface area is 152 Å². The van der Waals surface area contributed by atoms with E-state index in [0.717, 1.165) is 5.39 Å². The van der Waals surface area contributed by atoms with Crippen LogP contribution in [-0.4, -0.2) is 51.7 Å². The molecular formula is C17H17ClF2N4O2. The maximum absolute atomic E-state index is 13.5. The van der Waals surface area contributed by atoms with Gasteiger partial charge in [0.2, 0.25) is 5.91 Å². The quantitative estimate of drug-likeness (QED) is 0.801. The minimum absolute atomic E-state index is 0.0512. The zero-order chi connectivity index (χ0) is 18.7. The van der Waals surface area contributed by atoms with Gasteiger partial charge in [-0.15, -0.1) is 0 Å². The molecule has 1 saturated heterocycles. The number of pyridine rings is 1. The fourth-order valence-electron chi connectivity index (χ4n) is 3.62. The average molecular weight is 383 g/mol. The number of likely N-dealkylation sites (tertiary alicyclic amines) is 1. The number of halogens is 3. The van der Waals surface area contributed by atoms with Crippen LogP contribution in [0.25, 0.3) is 10.9 Å². The maximum atomic E-state index is 13.5. The van der Waals surface area contributed by atoms with Crippen LogP contribution in [-0.2, 0) is 4.79 Å². The minimum Gasteiger partial charge on any atom is -0.349 e. The molecule has 2 atom stereocenters. The molecule has 2 aromatic rings. The maximum Gasteiger partial charge on any atom is 0.268 e. The Morgan fingerprint density at radius 2 is 2.15 bits per heavy atom. The van der Waals surface area contributed by atoms with Crippen molar-refractivity contribution in [1.29, 1.82) is 0 Å². The van der Waals surface area contributed by atoms with Crippen molar-refractivity contribution in [2.75, 3.05) is 13.1 Å². The normalized spacial score (nSPS) is 24.8. The number of H-pyrrole nitrogens is 1. The summed E-state index contributed by atoms with van der Waals surface area (Å²) in [7, 11) is 0. The van der Waals surface area contributed by atoms with Crippen molar-refractivity contribution in [1.82, 2.24) is 20.2 Å². The number of nitrogens with one attached hydrogen (secondary N) is 2. The van der Waals surface area contributed by atoms with Gasteiger partial charge < -0.3 is 15.2 Å². The SMILES string of the molecule is C[C@@H](NC(=O)c1cc2cc(Cl)ncc2[nH]1)C(=O)N1CC[C@]2(C1)CC2(F)F. The molecule has 0 unspecified atom stereocenters. The second kappa shape index (κ2) is 5.64. The number of fused-ring (bicyclic) bond motifs is 1. The molecule has 4 rings (SSSR count). The highest BCUT2D eigenvalue weighted by molar-refractivity contribution is 6.30. The summed E-state index contributed by atoms with van der Waals surface area (Å²) < 4.78 is 26.9. The summed E-state index contributed by atoms with van der Waals surface area (Å²) in [4.78, 5) is 33.1. The van der Waals surface area contributed by atoms with Crippen molar-refractivity contribution in [3.8, 4) is 0 Å². The summed E-state index contributed by atoms with van der Waals surface area (Å²) in [5.74, 6) is -3.48. The summed E-state index contributed by atoms with van der Waals surface area (Å²) in [5, 5.41) is 3.65. The van der Waals surface area contributed by atoms with Crippen LogP contribution in [0.3, 0.4) is 0 Å². The smallest absolute Gasteiger partial charge is 0.268 e. The molecule has 0 bridgehead atoms. The zero-order valence-corrected chi connectivity index (χ0v) is 14.7. The molecule has 0 radical (unpaired) electrons. The van der Waals surface area contributed by atoms with E-state index in [-0.39, 0.29) is 24.6 Å². The van der Waals surface area contributed by atoms with E-state index in [4.69, 9.17) is 11.6 Å². The van der Waals surface area contributed by atoms with Gasteiger partial charge in [-0.2, -0.15) is 0 Å². The van der Waals surface area contributed by atoms with E-state index in [1.165, 1.54) is 11.1 Å². The fraction of sp³-hybridized carbons (Fsp3) is 0.471. The molecule has 9 heteroatoms. The number of aromatic nitrogens is 2. The molecule has 2 aromatic heterocycles. The van der Waals surface area contributed by atoms with Gasteiger partial charge in [0.25, 0.3) is 11.8 Å². The Balaban J connectivity index is 1.41. The van der Waals surface area contributed by atoms with Gasteiger partial charge in [0.15, 0.2) is 0 Å². The predicted octanol–water partition coefficient (Wildman–Crippen LogP) is 2.59. The molecule has 6 nitrogen and oxygen atoms in total. The third kappa shape index (κ3) is 2.72. The molecule has 1 aliphatic carbocycles. The Morgan fingerprint density at radius 1 is 1.42 bits per heavy atom. The first-order valence-electron chi connectivity index (χ1n) is 8.33. The second-order valence-corrected chi connectivity index (χ2v) is 7.53. The van der Waals surface area contributed by atoms with Gasteiger partial charge in [-0.25, -0.2) is 13.8 Å². The monoisotopic (exact) mass is 382 g/mol. The van der Waals surface area contributed by atoms with E-state index in [9.17, 15) is 18.4 Å². The molecule has 2 aliphatic rings. The molecule has 2 N–H and O–H groups in total. The number of amides is 2. The summed E-state index contributed by atoms with van der Waals surface area (Å²) in [6.45, 7) is 1.90. The van der Waals surface area contributed by atoms with Crippen molar-refractivity contribution in [2.45, 2.75) is 31.7 Å². The van der Waals surface area contributed by atoms with Crippen LogP contribution in [0.4, 0.5) is 8.78 Å². The molecule has 1 aliphatic heterocycles. The Morgan fingerprint density at radius 3 is 2.81 bits per heavy atom. The lowest BCUT2D eigenvalue weighted by Crippen LogP contribution is -2.46. The number of aromatic amines is 1. The Hall–Kier alpha value is -2.22. The average Bonchev–Trinajstić information content (AvgIpc) is 2.96. The Bertz CT molecular complexity index is 915. The summed E-state index contributed by atoms with van der Waals surface area (Å²) in [6, 6.07) is 2.43. The lowest BCUT2D eigenvalue weighted by Gasteiger charge is -2.21. The number of alkyl halides is 2. The number of carbonyl (C=O) groups excluding carboxylic acids is 2. The van der Waals surface area contributed by atoms with E-state index >= 15 is 0 Å². The topological polar surface area (TPSA) is 78.1 Å². The minimum atomic E-state index is -2.67. The number of hydrogen-bond donors (Lipinski definition) is 2. The molecule has 2 amide bonds. The third-order valence-corrected chi connectivity index (χ3v) is 5.52. The Kier molecular flexibility index (Phi) is 3.73. The van der Waals surface area contributed by atoms with Crippen LogP contribution >= 0.6 is 11.6 Å². The first-order valence-corrected chi connectivity index (χ1v) is 8.70. The van der Waals surface area contributed by atoms with Gasteiger partial charge in [-0.05, 0) is 25.5 Å². The molecule has 2 fully saturated rings. The molecular weight excluding hydrogens is 366 g/mol. The molecule has 26 heavy (non-hydrogen) atoms. The van der Waals surface area contributed by atoms with E-state index in [2.05, 4.69) is 15.3 Å². The van der Waals surface area contributed by atoms with E-state index in [0.29, 0.717) is 23.6 Å². The lowest BCUT2D eigenvalue weighted by atomic mass is 10.1. The van der Waals surface area contributed by atoms with Crippen LogP contribution < -0.4 is 5.32 Å². The van der Waals surface area contributed by atoms with Crippen LogP contribution in [0.1, 0.15) is 30.3 Å². The van der Waals surface area contributed by atoms with Crippen molar-refractivity contribution in [3.63, 3.8) is 0 Å². The van der Waals surface area contributed by atoms with Crippen LogP contribution in [0.2, 0.25) is 5.15 Å². The number of carbonyl (C=O) groups is 2. The zero-order valence-electron chi connectivity index (χ0n) is 14.0. The molecule has 1 spiro atoms. The summed E-state index contributed by atoms with van der Waals surface area (Å²) in [5.41, 5.74) is -0.123. The largest absolute Gasteiger partial charge is 0.349 e. The lowest BCUT2D eigenvalue weighted by molar-refractivity contribution is -0.132. The van der Waals surface area contributed by atoms with Crippen LogP contribution in [0.15, 0.2) is 18.3 Å². The van der Waals surface area contributed by atoms with Crippen molar-refractivity contribution in [3.05, 3.63) is 29.2 Å². The standard InChI is InChI=1S/C17H17ClF2N4O2/c1-9(15(26)24-3-2-16(8-24)7-17(16,19)20)22-14(25)11-4-10-5-13(18)21-6-12(10)23-11/h4-6,9,23H,2-3,7-8H2,1H3,(H,22,25)/t9-,16-/m1/s1. The molecule has 3 heterocycles. The molecule has 0 aromatic carbocycles. The van der Waals surface area contributed by atoms with Gasteiger partial charge in [-0.3, -0.25) is 9.59 Å². The van der Waals surface area contributed by atoms with Gasteiger partial charge in [-0.1, -0.05) is 11.6 Å². The van der Waals surface area contributed by atoms with Gasteiger partial charge in [0, 0.05) is 24.9 Å². The second-order valence-electron chi connectivity index (χ2n) is 7.14. The molecule has 1 saturated carbocycles. The first-order chi connectivity index (χ1) is 12.2. The van der Waals surface area contributed by atoms with Gasteiger partial charge in [0.05, 0.1) is 17.1 Å². The third-order valence-electron chi connectivity index (χ3n) is 5.31. The highest BCUT2D eigenvalue weighted by Gasteiger charge is 2.73. The summed E-state index contributed by atoms with van der Waals surface area (Å²) in [6.07, 6.45) is 1.67. The van der Waals surface area contributed by atoms with Crippen LogP contribution in [0, 0.1) is 5.41 Å². The van der Waals surface area contributed by atoms with Crippen LogP contribution in [0.5, 0.6) is 0 Å². The number of rotatable bonds is 3. The van der Waals surface area contributed by atoms with Gasteiger partial charge >= 0.3 is 0 Å². The van der Waals surface area contributed by atoms with E-state index in [1.54, 1.807) is 19.1 Å². The number of hydrogen-bond acceptors (Lipinski definition) is 3. The number of nitrogens with zero attached hydrogens (tertiary/aromatic N) is 2. The van der Waals surface area contributed by atoms with E-state index in [1.807, 2.05) is 0 Å². The van der Waals surface area contributed by atoms with Crippen molar-refractivity contribution >= 4 is 34.3 Å². The van der Waals surface area contributed by atoms with E-state index < -0.39 is 23.3 Å². The molecule has 138 valence electrons. The fourth-order valence-corrected chi connectivity index (χ4v) is 3.79. The first kappa shape index (κ1) is 17.2. The van der Waals surface area contributed by atoms with Crippen molar-refractivity contribution < 1.29 is 18.4 Å².